The number of nitrogens with one attached hydrogen (secondary N) is 1. The molecule has 1 atom stereocenters. The van der Waals surface area contributed by atoms with Crippen molar-refractivity contribution in [3.05, 3.63) is 35.6 Å². The number of rotatable bonds is 7. The Bertz CT molecular complexity index is 588. The number of carbonyl (C=O) groups is 2. The zero-order valence-corrected chi connectivity index (χ0v) is 14.2. The minimum Gasteiger partial charge on any atom is -0.348 e. The third-order valence-corrected chi connectivity index (χ3v) is 3.38. The normalized spacial score (nSPS) is 12.8. The molecule has 0 saturated heterocycles. The van der Waals surface area contributed by atoms with Crippen molar-refractivity contribution in [2.45, 2.75) is 19.1 Å². The van der Waals surface area contributed by atoms with Gasteiger partial charge < -0.3 is 10.2 Å². The van der Waals surface area contributed by atoms with E-state index in [1.54, 1.807) is 6.92 Å². The summed E-state index contributed by atoms with van der Waals surface area (Å²) >= 11 is 0. The topological polar surface area (TPSA) is 52.7 Å². The number of hydrogen-bond acceptors (Lipinski definition) is 3. The first-order valence-corrected chi connectivity index (χ1v) is 7.52. The molecule has 9 heteroatoms. The van der Waals surface area contributed by atoms with E-state index in [1.165, 1.54) is 38.4 Å². The molecule has 140 valence electrons. The van der Waals surface area contributed by atoms with Gasteiger partial charge in [0.15, 0.2) is 0 Å². The Kier molecular flexibility index (Phi) is 7.35. The maximum atomic E-state index is 12.9. The van der Waals surface area contributed by atoms with Gasteiger partial charge in [-0.3, -0.25) is 14.5 Å². The van der Waals surface area contributed by atoms with Crippen LogP contribution in [0.3, 0.4) is 0 Å². The Morgan fingerprint density at radius 3 is 2.16 bits per heavy atom. The molecule has 0 aromatic heterocycles. The van der Waals surface area contributed by atoms with Crippen molar-refractivity contribution in [2.24, 2.45) is 0 Å². The molecule has 0 fully saturated rings. The molecule has 1 unspecified atom stereocenters. The highest BCUT2D eigenvalue weighted by Gasteiger charge is 2.32. The van der Waals surface area contributed by atoms with Crippen molar-refractivity contribution in [1.29, 1.82) is 0 Å². The Morgan fingerprint density at radius 2 is 1.68 bits per heavy atom. The smallest absolute Gasteiger partial charge is 0.348 e. The molecule has 1 aromatic carbocycles. The largest absolute Gasteiger partial charge is 0.401 e. The minimum absolute atomic E-state index is 0.430. The molecule has 0 aliphatic heterocycles. The summed E-state index contributed by atoms with van der Waals surface area (Å²) < 4.78 is 50.8. The van der Waals surface area contributed by atoms with E-state index >= 15 is 0 Å². The molecular formula is C16H21F4N3O2. The predicted molar refractivity (Wildman–Crippen MR) is 84.1 cm³/mol. The summed E-state index contributed by atoms with van der Waals surface area (Å²) in [5.41, 5.74) is 0.612. The average Bonchev–Trinajstić information content (AvgIpc) is 2.45. The van der Waals surface area contributed by atoms with E-state index in [2.05, 4.69) is 5.32 Å². The lowest BCUT2D eigenvalue weighted by Crippen LogP contribution is -2.46. The Balaban J connectivity index is 2.69. The van der Waals surface area contributed by atoms with Crippen molar-refractivity contribution in [2.75, 3.05) is 33.7 Å². The summed E-state index contributed by atoms with van der Waals surface area (Å²) in [4.78, 5) is 25.6. The molecule has 0 radical (unpaired) electrons. The van der Waals surface area contributed by atoms with Crippen molar-refractivity contribution in [3.8, 4) is 0 Å². The lowest BCUT2D eigenvalue weighted by molar-refractivity contribution is -0.152. The van der Waals surface area contributed by atoms with E-state index < -0.39 is 49.5 Å². The summed E-state index contributed by atoms with van der Waals surface area (Å²) in [6, 6.07) is 4.89. The van der Waals surface area contributed by atoms with Crippen LogP contribution >= 0.6 is 0 Å². The fourth-order valence-electron chi connectivity index (χ4n) is 2.08. The maximum Gasteiger partial charge on any atom is 0.401 e. The fraction of sp³-hybridized carbons (Fsp3) is 0.500. The Hall–Kier alpha value is -2.16. The zero-order valence-electron chi connectivity index (χ0n) is 14.2. The standard InChI is InChI=1S/C16H21F4N3O2/c1-11(12-4-6-13(17)7-5-12)21-14(24)8-23(10-16(18,19)20)9-15(25)22(2)3/h4-7,11H,8-10H2,1-3H3,(H,21,24). The van der Waals surface area contributed by atoms with Crippen molar-refractivity contribution in [1.82, 2.24) is 15.1 Å². The maximum absolute atomic E-state index is 12.9. The quantitative estimate of drug-likeness (QED) is 0.754. The molecule has 0 heterocycles. The highest BCUT2D eigenvalue weighted by atomic mass is 19.4. The second-order valence-electron chi connectivity index (χ2n) is 5.89. The molecule has 0 bridgehead atoms. The average molecular weight is 363 g/mol. The molecule has 0 saturated carbocycles. The summed E-state index contributed by atoms with van der Waals surface area (Å²) in [5.74, 6) is -1.63. The molecule has 0 aliphatic carbocycles. The van der Waals surface area contributed by atoms with Crippen LogP contribution in [-0.4, -0.2) is 61.5 Å². The first kappa shape index (κ1) is 20.9. The predicted octanol–water partition coefficient (Wildman–Crippen LogP) is 1.96. The minimum atomic E-state index is -4.53. The van der Waals surface area contributed by atoms with Gasteiger partial charge in [0.05, 0.1) is 25.7 Å². The first-order chi connectivity index (χ1) is 11.5. The van der Waals surface area contributed by atoms with Crippen molar-refractivity contribution >= 4 is 11.8 Å². The second-order valence-corrected chi connectivity index (χ2v) is 5.89. The van der Waals surface area contributed by atoms with Crippen LogP contribution in [0.2, 0.25) is 0 Å². The molecule has 1 N–H and O–H groups in total. The number of amides is 2. The Morgan fingerprint density at radius 1 is 1.12 bits per heavy atom. The van der Waals surface area contributed by atoms with Gasteiger partial charge in [-0.2, -0.15) is 13.2 Å². The number of halogens is 4. The lowest BCUT2D eigenvalue weighted by atomic mass is 10.1. The molecule has 25 heavy (non-hydrogen) atoms. The fourth-order valence-corrected chi connectivity index (χ4v) is 2.08. The van der Waals surface area contributed by atoms with Crippen LogP contribution < -0.4 is 5.32 Å². The number of likely N-dealkylation sites (N-methyl/N-ethyl adjacent to an activating group) is 1. The summed E-state index contributed by atoms with van der Waals surface area (Å²) in [6.07, 6.45) is -4.53. The van der Waals surface area contributed by atoms with E-state index in [-0.39, 0.29) is 0 Å². The van der Waals surface area contributed by atoms with Crippen molar-refractivity contribution in [3.63, 3.8) is 0 Å². The van der Waals surface area contributed by atoms with Gasteiger partial charge >= 0.3 is 6.18 Å². The Labute approximate surface area is 143 Å². The second kappa shape index (κ2) is 8.80. The highest BCUT2D eigenvalue weighted by molar-refractivity contribution is 5.81. The van der Waals surface area contributed by atoms with E-state index in [4.69, 9.17) is 0 Å². The van der Waals surface area contributed by atoms with Gasteiger partial charge in [0, 0.05) is 14.1 Å². The zero-order chi connectivity index (χ0) is 19.2. The van der Waals surface area contributed by atoms with Crippen LogP contribution in [0.5, 0.6) is 0 Å². The number of hydrogen-bond donors (Lipinski definition) is 1. The van der Waals surface area contributed by atoms with Gasteiger partial charge in [0.2, 0.25) is 11.8 Å². The number of carbonyl (C=O) groups excluding carboxylic acids is 2. The van der Waals surface area contributed by atoms with E-state index in [9.17, 15) is 27.2 Å². The van der Waals surface area contributed by atoms with E-state index in [1.807, 2.05) is 0 Å². The molecule has 1 rings (SSSR count). The number of nitrogens with zero attached hydrogens (tertiary/aromatic N) is 2. The van der Waals surface area contributed by atoms with Gasteiger partial charge in [-0.25, -0.2) is 4.39 Å². The van der Waals surface area contributed by atoms with Crippen LogP contribution in [0.15, 0.2) is 24.3 Å². The van der Waals surface area contributed by atoms with Gasteiger partial charge in [-0.1, -0.05) is 12.1 Å². The SMILES string of the molecule is CC(NC(=O)CN(CC(=O)N(C)C)CC(F)(F)F)c1ccc(F)cc1. The van der Waals surface area contributed by atoms with Crippen LogP contribution in [0.25, 0.3) is 0 Å². The molecule has 1 aromatic rings. The highest BCUT2D eigenvalue weighted by Crippen LogP contribution is 2.17. The molecule has 0 aliphatic rings. The van der Waals surface area contributed by atoms with E-state index in [0.29, 0.717) is 5.56 Å². The summed E-state index contributed by atoms with van der Waals surface area (Å²) in [6.45, 7) is -0.843. The van der Waals surface area contributed by atoms with Crippen LogP contribution in [0, 0.1) is 5.82 Å². The third kappa shape index (κ3) is 7.97. The van der Waals surface area contributed by atoms with Crippen LogP contribution in [0.4, 0.5) is 17.6 Å². The van der Waals surface area contributed by atoms with Crippen LogP contribution in [0.1, 0.15) is 18.5 Å². The van der Waals surface area contributed by atoms with Gasteiger partial charge in [0.25, 0.3) is 0 Å². The summed E-state index contributed by atoms with van der Waals surface area (Å²) in [5, 5.41) is 2.54. The van der Waals surface area contributed by atoms with Gasteiger partial charge in [0.1, 0.15) is 5.82 Å². The molecule has 2 amide bonds. The van der Waals surface area contributed by atoms with E-state index in [0.717, 1.165) is 9.80 Å². The molecular weight excluding hydrogens is 342 g/mol. The van der Waals surface area contributed by atoms with Crippen LogP contribution in [-0.2, 0) is 9.59 Å². The van der Waals surface area contributed by atoms with Gasteiger partial charge in [-0.05, 0) is 24.6 Å². The molecule has 5 nitrogen and oxygen atoms in total. The number of benzene rings is 1. The van der Waals surface area contributed by atoms with Gasteiger partial charge in [-0.15, -0.1) is 0 Å². The third-order valence-electron chi connectivity index (χ3n) is 3.38. The first-order valence-electron chi connectivity index (χ1n) is 7.52. The molecule has 0 spiro atoms. The summed E-state index contributed by atoms with van der Waals surface area (Å²) in [7, 11) is 2.84. The number of alkyl halides is 3. The lowest BCUT2D eigenvalue weighted by Gasteiger charge is -2.25. The van der Waals surface area contributed by atoms with Crippen molar-refractivity contribution < 1.29 is 27.2 Å². The monoisotopic (exact) mass is 363 g/mol.